The first kappa shape index (κ1) is 21.5. The summed E-state index contributed by atoms with van der Waals surface area (Å²) in [5.74, 6) is -0.990. The van der Waals surface area contributed by atoms with E-state index < -0.39 is 11.9 Å². The molecule has 2 aromatic carbocycles. The lowest BCUT2D eigenvalue weighted by Crippen LogP contribution is -2.36. The zero-order valence-electron chi connectivity index (χ0n) is 16.0. The van der Waals surface area contributed by atoms with Crippen LogP contribution >= 0.6 is 24.0 Å². The number of amides is 2. The van der Waals surface area contributed by atoms with E-state index in [0.717, 1.165) is 17.3 Å². The highest BCUT2D eigenvalue weighted by molar-refractivity contribution is 8.26. The number of methoxy groups -OCH3 is 1. The van der Waals surface area contributed by atoms with Crippen molar-refractivity contribution in [1.82, 2.24) is 4.90 Å². The first-order valence-corrected chi connectivity index (χ1v) is 10.1. The molecule has 0 spiro atoms. The van der Waals surface area contributed by atoms with Gasteiger partial charge in [-0.2, -0.15) is 0 Å². The first-order valence-electron chi connectivity index (χ1n) is 8.85. The number of carbonyl (C=O) groups excluding carboxylic acids is 2. The number of hydrogen-bond acceptors (Lipinski definition) is 6. The van der Waals surface area contributed by atoms with Crippen LogP contribution in [0, 0.1) is 0 Å². The van der Waals surface area contributed by atoms with Gasteiger partial charge in [0.05, 0.1) is 18.4 Å². The molecule has 3 rings (SSSR count). The minimum Gasteiger partial charge on any atom is -0.497 e. The van der Waals surface area contributed by atoms with Crippen molar-refractivity contribution in [3.05, 3.63) is 64.6 Å². The third-order valence-electron chi connectivity index (χ3n) is 4.16. The molecule has 0 saturated carbocycles. The Balaban J connectivity index is 1.64. The molecule has 2 amide bonds. The number of ether oxygens (including phenoxy) is 1. The van der Waals surface area contributed by atoms with Gasteiger partial charge in [0.15, 0.2) is 0 Å². The van der Waals surface area contributed by atoms with E-state index in [4.69, 9.17) is 22.1 Å². The summed E-state index contributed by atoms with van der Waals surface area (Å²) < 4.78 is 5.49. The number of thioether (sulfide) groups is 1. The van der Waals surface area contributed by atoms with Crippen LogP contribution in [0.2, 0.25) is 0 Å². The largest absolute Gasteiger partial charge is 0.497 e. The van der Waals surface area contributed by atoms with Gasteiger partial charge in [-0.15, -0.1) is 0 Å². The van der Waals surface area contributed by atoms with Crippen molar-refractivity contribution in [3.63, 3.8) is 0 Å². The quantitative estimate of drug-likeness (QED) is 0.502. The van der Waals surface area contributed by atoms with Crippen molar-refractivity contribution >= 4 is 57.8 Å². The molecular weight excluding hydrogens is 424 g/mol. The number of carboxylic acids is 1. The maximum Gasteiger partial charge on any atom is 0.307 e. The number of aliphatic carboxylic acids is 1. The van der Waals surface area contributed by atoms with Gasteiger partial charge in [-0.25, -0.2) is 0 Å². The summed E-state index contributed by atoms with van der Waals surface area (Å²) in [6.45, 7) is -0.211. The van der Waals surface area contributed by atoms with Crippen LogP contribution in [0.25, 0.3) is 6.08 Å². The molecule has 0 atom stereocenters. The van der Waals surface area contributed by atoms with Gasteiger partial charge in [0, 0.05) is 5.69 Å². The molecule has 9 heteroatoms. The molecule has 1 heterocycles. The average molecular weight is 443 g/mol. The third kappa shape index (κ3) is 5.46. The number of thiocarbonyl (C=S) groups is 1. The van der Waals surface area contributed by atoms with Crippen LogP contribution in [-0.4, -0.2) is 45.8 Å². The zero-order chi connectivity index (χ0) is 21.7. The SMILES string of the molecule is COc1cccc(/C=C2\SC(=S)N(CC(=O)Nc3ccc(CC(=O)O)cc3)C2=O)c1. The van der Waals surface area contributed by atoms with Gasteiger partial charge in [-0.3, -0.25) is 19.3 Å². The van der Waals surface area contributed by atoms with E-state index in [9.17, 15) is 14.4 Å². The van der Waals surface area contributed by atoms with E-state index in [0.29, 0.717) is 26.2 Å². The molecule has 0 aliphatic carbocycles. The second-order valence-electron chi connectivity index (χ2n) is 6.36. The number of rotatable bonds is 7. The summed E-state index contributed by atoms with van der Waals surface area (Å²) in [5, 5.41) is 11.5. The van der Waals surface area contributed by atoms with Gasteiger partial charge in [0.25, 0.3) is 5.91 Å². The molecule has 30 heavy (non-hydrogen) atoms. The van der Waals surface area contributed by atoms with Crippen LogP contribution in [0.15, 0.2) is 53.4 Å². The summed E-state index contributed by atoms with van der Waals surface area (Å²) in [6, 6.07) is 13.7. The Kier molecular flexibility index (Phi) is 6.86. The lowest BCUT2D eigenvalue weighted by molar-refractivity contribution is -0.136. The van der Waals surface area contributed by atoms with Crippen LogP contribution in [0.4, 0.5) is 5.69 Å². The molecule has 7 nitrogen and oxygen atoms in total. The Morgan fingerprint density at radius 2 is 1.97 bits per heavy atom. The highest BCUT2D eigenvalue weighted by atomic mass is 32.2. The van der Waals surface area contributed by atoms with E-state index in [2.05, 4.69) is 5.32 Å². The topological polar surface area (TPSA) is 95.9 Å². The summed E-state index contributed by atoms with van der Waals surface area (Å²) in [4.78, 5) is 37.5. The standard InChI is InChI=1S/C21H18N2O5S2/c1-28-16-4-2-3-14(9-16)10-17-20(27)23(21(29)30-17)12-18(24)22-15-7-5-13(6-8-15)11-19(25)26/h2-10H,11-12H2,1H3,(H,22,24)(H,25,26)/b17-10-. The molecule has 0 bridgehead atoms. The lowest BCUT2D eigenvalue weighted by atomic mass is 10.1. The van der Waals surface area contributed by atoms with E-state index >= 15 is 0 Å². The summed E-state index contributed by atoms with van der Waals surface area (Å²) in [6.07, 6.45) is 1.62. The fraction of sp³-hybridized carbons (Fsp3) is 0.143. The molecule has 1 aliphatic heterocycles. The molecule has 0 radical (unpaired) electrons. The number of carbonyl (C=O) groups is 3. The van der Waals surface area contributed by atoms with Gasteiger partial charge in [-0.1, -0.05) is 48.2 Å². The smallest absolute Gasteiger partial charge is 0.307 e. The van der Waals surface area contributed by atoms with E-state index in [1.807, 2.05) is 12.1 Å². The van der Waals surface area contributed by atoms with E-state index in [-0.39, 0.29) is 18.9 Å². The molecule has 154 valence electrons. The van der Waals surface area contributed by atoms with Crippen molar-refractivity contribution in [2.75, 3.05) is 19.0 Å². The normalized spacial score (nSPS) is 14.8. The van der Waals surface area contributed by atoms with Crippen LogP contribution in [0.5, 0.6) is 5.75 Å². The van der Waals surface area contributed by atoms with E-state index in [1.165, 1.54) is 4.90 Å². The van der Waals surface area contributed by atoms with Crippen molar-refractivity contribution in [1.29, 1.82) is 0 Å². The Labute approximate surface area is 182 Å². The molecule has 0 unspecified atom stereocenters. The van der Waals surface area contributed by atoms with Gasteiger partial charge in [0.1, 0.15) is 16.6 Å². The summed E-state index contributed by atoms with van der Waals surface area (Å²) in [5.41, 5.74) is 1.92. The average Bonchev–Trinajstić information content (AvgIpc) is 2.96. The monoisotopic (exact) mass is 442 g/mol. The summed E-state index contributed by atoms with van der Waals surface area (Å²) in [7, 11) is 1.57. The van der Waals surface area contributed by atoms with Crippen LogP contribution in [0.3, 0.4) is 0 Å². The second kappa shape index (κ2) is 9.55. The Hall–Kier alpha value is -3.17. The highest BCUT2D eigenvalue weighted by Gasteiger charge is 2.33. The predicted octanol–water partition coefficient (Wildman–Crippen LogP) is 3.16. The Bertz CT molecular complexity index is 1030. The van der Waals surface area contributed by atoms with Crippen molar-refractivity contribution in [3.8, 4) is 5.75 Å². The van der Waals surface area contributed by atoms with Crippen LogP contribution < -0.4 is 10.1 Å². The number of nitrogens with zero attached hydrogens (tertiary/aromatic N) is 1. The number of hydrogen-bond donors (Lipinski definition) is 2. The maximum absolute atomic E-state index is 12.7. The predicted molar refractivity (Wildman–Crippen MR) is 119 cm³/mol. The Morgan fingerprint density at radius 1 is 1.23 bits per heavy atom. The number of anilines is 1. The van der Waals surface area contributed by atoms with E-state index in [1.54, 1.807) is 49.6 Å². The second-order valence-corrected chi connectivity index (χ2v) is 8.04. The van der Waals surface area contributed by atoms with Crippen molar-refractivity contribution in [2.45, 2.75) is 6.42 Å². The third-order valence-corrected chi connectivity index (χ3v) is 5.54. The van der Waals surface area contributed by atoms with Gasteiger partial charge >= 0.3 is 5.97 Å². The van der Waals surface area contributed by atoms with Gasteiger partial charge in [0.2, 0.25) is 5.91 Å². The molecule has 1 saturated heterocycles. The summed E-state index contributed by atoms with van der Waals surface area (Å²) >= 11 is 6.41. The van der Waals surface area contributed by atoms with Crippen molar-refractivity contribution < 1.29 is 24.2 Å². The fourth-order valence-corrected chi connectivity index (χ4v) is 4.00. The number of benzene rings is 2. The first-order chi connectivity index (χ1) is 14.4. The number of nitrogens with one attached hydrogen (secondary N) is 1. The molecule has 2 aromatic rings. The lowest BCUT2D eigenvalue weighted by Gasteiger charge is -2.14. The highest BCUT2D eigenvalue weighted by Crippen LogP contribution is 2.32. The minimum absolute atomic E-state index is 0.0929. The molecule has 0 aromatic heterocycles. The zero-order valence-corrected chi connectivity index (χ0v) is 17.6. The van der Waals surface area contributed by atoms with Crippen LogP contribution in [-0.2, 0) is 20.8 Å². The van der Waals surface area contributed by atoms with Crippen molar-refractivity contribution in [2.24, 2.45) is 0 Å². The fourth-order valence-electron chi connectivity index (χ4n) is 2.74. The van der Waals surface area contributed by atoms with Crippen LogP contribution in [0.1, 0.15) is 11.1 Å². The van der Waals surface area contributed by atoms with Gasteiger partial charge in [-0.05, 0) is 41.5 Å². The molecular formula is C21H18N2O5S2. The molecule has 1 aliphatic rings. The van der Waals surface area contributed by atoms with Gasteiger partial charge < -0.3 is 15.2 Å². The Morgan fingerprint density at radius 3 is 2.63 bits per heavy atom. The molecule has 2 N–H and O–H groups in total. The minimum atomic E-state index is -0.928. The maximum atomic E-state index is 12.7. The number of carboxylic acid groups (broad SMARTS) is 1. The molecule has 1 fully saturated rings.